The van der Waals surface area contributed by atoms with Gasteiger partial charge in [0.05, 0.1) is 4.90 Å². The lowest BCUT2D eigenvalue weighted by Gasteiger charge is -2.40. The van der Waals surface area contributed by atoms with Gasteiger partial charge in [-0.1, -0.05) is 23.4 Å². The topological polar surface area (TPSA) is 118 Å². The van der Waals surface area contributed by atoms with Gasteiger partial charge in [-0.2, -0.15) is 26.3 Å². The van der Waals surface area contributed by atoms with E-state index in [1.165, 1.54) is 0 Å². The van der Waals surface area contributed by atoms with E-state index < -0.39 is 84.7 Å². The first-order chi connectivity index (χ1) is 19.8. The van der Waals surface area contributed by atoms with Crippen LogP contribution < -0.4 is 0 Å². The molecule has 5 rings (SSSR count). The zero-order valence-corrected chi connectivity index (χ0v) is 22.2. The molecule has 0 saturated carbocycles. The molecule has 3 aromatic rings. The van der Waals surface area contributed by atoms with Crippen molar-refractivity contribution in [2.24, 2.45) is 5.92 Å². The van der Waals surface area contributed by atoms with Crippen LogP contribution in [-0.4, -0.2) is 60.9 Å². The lowest BCUT2D eigenvalue weighted by molar-refractivity contribution is -0.348. The highest BCUT2D eigenvalue weighted by molar-refractivity contribution is 7.92. The van der Waals surface area contributed by atoms with Crippen molar-refractivity contribution < 1.29 is 62.8 Å². The maximum absolute atomic E-state index is 14.9. The van der Waals surface area contributed by atoms with Crippen molar-refractivity contribution in [3.05, 3.63) is 82.5 Å². The quantitative estimate of drug-likeness (QED) is 0.302. The number of aryl methyl sites for hydroxylation is 1. The number of alkyl halides is 7. The van der Waals surface area contributed by atoms with E-state index in [2.05, 4.69) is 5.16 Å². The molecule has 1 aliphatic carbocycles. The summed E-state index contributed by atoms with van der Waals surface area (Å²) in [6.07, 6.45) is -13.3. The number of benzene rings is 2. The number of carboxylic acids is 1. The van der Waals surface area contributed by atoms with Crippen LogP contribution in [0.25, 0.3) is 0 Å². The number of amides is 1. The van der Waals surface area contributed by atoms with Gasteiger partial charge in [-0.25, -0.2) is 22.0 Å². The van der Waals surface area contributed by atoms with Gasteiger partial charge < -0.3 is 14.5 Å². The summed E-state index contributed by atoms with van der Waals surface area (Å²) >= 11 is 0. The van der Waals surface area contributed by atoms with Gasteiger partial charge in [0.25, 0.3) is 5.91 Å². The predicted octanol–water partition coefficient (Wildman–Crippen LogP) is 5.19. The molecule has 0 spiro atoms. The molecule has 2 atom stereocenters. The highest BCUT2D eigenvalue weighted by atomic mass is 32.2. The van der Waals surface area contributed by atoms with E-state index in [4.69, 9.17) is 9.63 Å². The lowest BCUT2D eigenvalue weighted by atomic mass is 9.75. The second kappa shape index (κ2) is 9.75. The fourth-order valence-corrected chi connectivity index (χ4v) is 8.19. The summed E-state index contributed by atoms with van der Waals surface area (Å²) in [5, 5.41) is 12.3. The SMILES string of the molecule is O=C(O)c1cc(C(=O)N2CC3CCc4cc(C(F)(C(F)(F)F)C(F)(F)F)ccc4C3(S(=O)(=O)c3ccc(F)cc3)C2)on1. The number of sulfone groups is 1. The highest BCUT2D eigenvalue weighted by Crippen LogP contribution is 2.56. The van der Waals surface area contributed by atoms with Crippen molar-refractivity contribution in [1.29, 1.82) is 0 Å². The zero-order valence-electron chi connectivity index (χ0n) is 21.3. The predicted molar refractivity (Wildman–Crippen MR) is 128 cm³/mol. The highest BCUT2D eigenvalue weighted by Gasteiger charge is 2.73. The molecule has 1 aromatic heterocycles. The van der Waals surface area contributed by atoms with Crippen molar-refractivity contribution in [2.75, 3.05) is 13.1 Å². The average molecular weight is 638 g/mol. The minimum absolute atomic E-state index is 0.172. The summed E-state index contributed by atoms with van der Waals surface area (Å²) in [5.74, 6) is -4.88. The molecule has 1 aliphatic heterocycles. The molecule has 8 nitrogen and oxygen atoms in total. The third kappa shape index (κ3) is 4.46. The first kappa shape index (κ1) is 30.4. The number of carboxylic acid groups (broad SMARTS) is 1. The Labute approximate surface area is 236 Å². The molecule has 43 heavy (non-hydrogen) atoms. The van der Waals surface area contributed by atoms with Gasteiger partial charge in [-0.3, -0.25) is 4.79 Å². The van der Waals surface area contributed by atoms with Crippen LogP contribution in [-0.2, 0) is 26.7 Å². The van der Waals surface area contributed by atoms with Crippen LogP contribution in [0.3, 0.4) is 0 Å². The van der Waals surface area contributed by atoms with Crippen molar-refractivity contribution in [3.63, 3.8) is 0 Å². The molecular formula is C26H18F8N2O6S. The fourth-order valence-electron chi connectivity index (χ4n) is 5.83. The van der Waals surface area contributed by atoms with Gasteiger partial charge in [0.2, 0.25) is 5.76 Å². The number of hydrogen-bond donors (Lipinski definition) is 1. The fraction of sp³-hybridized carbons (Fsp3) is 0.346. The molecule has 1 amide bonds. The first-order valence-electron chi connectivity index (χ1n) is 12.3. The van der Waals surface area contributed by atoms with E-state index in [0.29, 0.717) is 12.1 Å². The number of halogens is 8. The maximum Gasteiger partial charge on any atom is 0.435 e. The van der Waals surface area contributed by atoms with E-state index in [1.54, 1.807) is 0 Å². The number of nitrogens with zero attached hydrogens (tertiary/aromatic N) is 2. The molecule has 2 aliphatic rings. The van der Waals surface area contributed by atoms with E-state index in [-0.39, 0.29) is 36.6 Å². The summed E-state index contributed by atoms with van der Waals surface area (Å²) in [4.78, 5) is 24.9. The Morgan fingerprint density at radius 1 is 0.977 bits per heavy atom. The number of carbonyl (C=O) groups excluding carboxylic acids is 1. The van der Waals surface area contributed by atoms with Crippen LogP contribution in [0.2, 0.25) is 0 Å². The van der Waals surface area contributed by atoms with Gasteiger partial charge in [0, 0.05) is 30.6 Å². The molecule has 2 unspecified atom stereocenters. The minimum Gasteiger partial charge on any atom is -0.476 e. The van der Waals surface area contributed by atoms with Crippen LogP contribution in [0, 0.1) is 11.7 Å². The normalized spacial score (nSPS) is 20.9. The van der Waals surface area contributed by atoms with Crippen molar-refractivity contribution >= 4 is 21.7 Å². The van der Waals surface area contributed by atoms with Gasteiger partial charge in [0.1, 0.15) is 10.6 Å². The lowest BCUT2D eigenvalue weighted by Crippen LogP contribution is -2.51. The van der Waals surface area contributed by atoms with Gasteiger partial charge in [-0.05, 0) is 48.2 Å². The molecule has 2 heterocycles. The van der Waals surface area contributed by atoms with Crippen molar-refractivity contribution in [1.82, 2.24) is 10.1 Å². The van der Waals surface area contributed by atoms with Gasteiger partial charge in [0.15, 0.2) is 15.5 Å². The number of fused-ring (bicyclic) bond motifs is 3. The third-order valence-electron chi connectivity index (χ3n) is 7.86. The van der Waals surface area contributed by atoms with E-state index >= 15 is 0 Å². The van der Waals surface area contributed by atoms with Crippen LogP contribution in [0.4, 0.5) is 35.1 Å². The standard InChI is InChI=1S/C26H18F8N2O6S/c27-16-4-6-17(7-5-16)43(40,41)23-12-36(21(37)20-10-19(22(38)39)35-42-20)11-15(23)2-1-13-9-14(3-8-18(13)23)24(28,25(29,30)31)26(32,33)34/h3-10,15H,1-2,11-12H2,(H,38,39). The Morgan fingerprint density at radius 3 is 2.16 bits per heavy atom. The zero-order chi connectivity index (χ0) is 31.8. The monoisotopic (exact) mass is 638 g/mol. The molecule has 2 aromatic carbocycles. The summed E-state index contributed by atoms with van der Waals surface area (Å²) in [5.41, 5.74) is -8.77. The smallest absolute Gasteiger partial charge is 0.435 e. The summed E-state index contributed by atoms with van der Waals surface area (Å²) < 4.78 is 141. The molecule has 0 bridgehead atoms. The van der Waals surface area contributed by atoms with E-state index in [1.807, 2.05) is 0 Å². The largest absolute Gasteiger partial charge is 0.476 e. The number of likely N-dealkylation sites (tertiary alicyclic amines) is 1. The maximum atomic E-state index is 14.9. The van der Waals surface area contributed by atoms with Crippen LogP contribution in [0.5, 0.6) is 0 Å². The van der Waals surface area contributed by atoms with E-state index in [0.717, 1.165) is 35.2 Å². The number of aromatic nitrogens is 1. The van der Waals surface area contributed by atoms with Crippen molar-refractivity contribution in [3.8, 4) is 0 Å². The molecule has 1 fully saturated rings. The summed E-state index contributed by atoms with van der Waals surface area (Å²) in [7, 11) is -4.69. The summed E-state index contributed by atoms with van der Waals surface area (Å²) in [6.45, 7) is -1.01. The Balaban J connectivity index is 1.68. The first-order valence-corrected chi connectivity index (χ1v) is 13.8. The average Bonchev–Trinajstić information content (AvgIpc) is 3.58. The number of hydrogen-bond acceptors (Lipinski definition) is 6. The van der Waals surface area contributed by atoms with Gasteiger partial charge >= 0.3 is 24.0 Å². The number of rotatable bonds is 5. The van der Waals surface area contributed by atoms with Crippen LogP contribution in [0.15, 0.2) is 57.9 Å². The Kier molecular flexibility index (Phi) is 6.90. The third-order valence-corrected chi connectivity index (χ3v) is 10.4. The number of aromatic carboxylic acids is 1. The number of carbonyl (C=O) groups is 2. The summed E-state index contributed by atoms with van der Waals surface area (Å²) in [6, 6.07) is 5.50. The second-order valence-electron chi connectivity index (χ2n) is 10.2. The van der Waals surface area contributed by atoms with Crippen molar-refractivity contribution in [2.45, 2.75) is 40.5 Å². The molecule has 17 heteroatoms. The minimum atomic E-state index is -6.41. The Bertz CT molecular complexity index is 1700. The molecule has 1 N–H and O–H groups in total. The van der Waals surface area contributed by atoms with Gasteiger partial charge in [-0.15, -0.1) is 0 Å². The van der Waals surface area contributed by atoms with Crippen LogP contribution in [0.1, 0.15) is 44.2 Å². The molecule has 230 valence electrons. The molecule has 0 radical (unpaired) electrons. The second-order valence-corrected chi connectivity index (χ2v) is 12.4. The Hall–Kier alpha value is -4.02. The van der Waals surface area contributed by atoms with Crippen LogP contribution >= 0.6 is 0 Å². The Morgan fingerprint density at radius 2 is 1.60 bits per heavy atom. The molecule has 1 saturated heterocycles. The molecular weight excluding hydrogens is 620 g/mol. The van der Waals surface area contributed by atoms with E-state index in [9.17, 15) is 53.1 Å².